The molecule has 0 amide bonds. The van der Waals surface area contributed by atoms with Gasteiger partial charge in [-0.1, -0.05) is 18.2 Å². The van der Waals surface area contributed by atoms with Crippen LogP contribution < -0.4 is 0 Å². The molecule has 0 unspecified atom stereocenters. The number of fused-ring (bicyclic) bond motifs is 3. The van der Waals surface area contributed by atoms with E-state index in [9.17, 15) is 0 Å². The first kappa shape index (κ1) is 9.47. The van der Waals surface area contributed by atoms with Gasteiger partial charge in [0, 0.05) is 16.6 Å². The fourth-order valence-electron chi connectivity index (χ4n) is 2.84. The van der Waals surface area contributed by atoms with Crippen LogP contribution in [0.15, 0.2) is 24.3 Å². The van der Waals surface area contributed by atoms with Gasteiger partial charge in [0.05, 0.1) is 6.07 Å². The van der Waals surface area contributed by atoms with Gasteiger partial charge in [-0.25, -0.2) is 0 Å². The summed E-state index contributed by atoms with van der Waals surface area (Å²) in [5.74, 6) is 0. The van der Waals surface area contributed by atoms with Crippen LogP contribution in [0.2, 0.25) is 0 Å². The quantitative estimate of drug-likeness (QED) is 0.711. The van der Waals surface area contributed by atoms with Gasteiger partial charge >= 0.3 is 0 Å². The number of hydrogen-bond donors (Lipinski definition) is 0. The summed E-state index contributed by atoms with van der Waals surface area (Å²) in [7, 11) is 0. The molecule has 1 aromatic heterocycles. The Kier molecular flexibility index (Phi) is 2.18. The zero-order valence-corrected chi connectivity index (χ0v) is 9.24. The molecule has 0 aliphatic heterocycles. The topological polar surface area (TPSA) is 28.7 Å². The fourth-order valence-corrected chi connectivity index (χ4v) is 2.84. The molecule has 0 spiro atoms. The highest BCUT2D eigenvalue weighted by Gasteiger charge is 2.18. The Morgan fingerprint density at radius 1 is 1.19 bits per heavy atom. The zero-order valence-electron chi connectivity index (χ0n) is 9.24. The molecule has 2 heteroatoms. The molecule has 0 atom stereocenters. The molecular formula is C14H14N2. The summed E-state index contributed by atoms with van der Waals surface area (Å²) < 4.78 is 2.20. The SMILES string of the molecule is N#CCn1c2c(c3ccccc31)CCCC2. The number of benzene rings is 1. The second-order valence-corrected chi connectivity index (χ2v) is 4.39. The van der Waals surface area contributed by atoms with Gasteiger partial charge in [0.1, 0.15) is 6.54 Å². The highest BCUT2D eigenvalue weighted by molar-refractivity contribution is 5.85. The molecule has 16 heavy (non-hydrogen) atoms. The van der Waals surface area contributed by atoms with E-state index in [2.05, 4.69) is 34.9 Å². The average molecular weight is 210 g/mol. The molecule has 0 saturated carbocycles. The Labute approximate surface area is 95.1 Å². The minimum absolute atomic E-state index is 0.482. The van der Waals surface area contributed by atoms with Crippen molar-refractivity contribution in [2.45, 2.75) is 32.2 Å². The Morgan fingerprint density at radius 2 is 2.00 bits per heavy atom. The molecule has 1 aromatic carbocycles. The van der Waals surface area contributed by atoms with Crippen LogP contribution in [0.1, 0.15) is 24.1 Å². The lowest BCUT2D eigenvalue weighted by Crippen LogP contribution is -2.07. The fraction of sp³-hybridized carbons (Fsp3) is 0.357. The van der Waals surface area contributed by atoms with Crippen LogP contribution >= 0.6 is 0 Å². The van der Waals surface area contributed by atoms with E-state index < -0.39 is 0 Å². The molecule has 0 saturated heterocycles. The molecule has 0 fully saturated rings. The Morgan fingerprint density at radius 3 is 2.88 bits per heavy atom. The van der Waals surface area contributed by atoms with Crippen LogP contribution in [0.4, 0.5) is 0 Å². The molecule has 0 N–H and O–H groups in total. The molecule has 3 rings (SSSR count). The summed E-state index contributed by atoms with van der Waals surface area (Å²) >= 11 is 0. The summed E-state index contributed by atoms with van der Waals surface area (Å²) in [5.41, 5.74) is 4.11. The van der Waals surface area contributed by atoms with Gasteiger partial charge in [-0.2, -0.15) is 5.26 Å². The summed E-state index contributed by atoms with van der Waals surface area (Å²) in [6, 6.07) is 10.7. The average Bonchev–Trinajstić information content (AvgIpc) is 2.66. The van der Waals surface area contributed by atoms with Gasteiger partial charge in [-0.3, -0.25) is 0 Å². The van der Waals surface area contributed by atoms with Crippen molar-refractivity contribution in [1.82, 2.24) is 4.57 Å². The Balaban J connectivity index is 2.33. The monoisotopic (exact) mass is 210 g/mol. The van der Waals surface area contributed by atoms with Crippen molar-refractivity contribution in [2.24, 2.45) is 0 Å². The molecule has 1 aliphatic rings. The van der Waals surface area contributed by atoms with Crippen molar-refractivity contribution in [1.29, 1.82) is 5.26 Å². The molecule has 2 nitrogen and oxygen atoms in total. The normalized spacial score (nSPS) is 14.7. The molecule has 0 bridgehead atoms. The van der Waals surface area contributed by atoms with Crippen molar-refractivity contribution < 1.29 is 0 Å². The first-order valence-electron chi connectivity index (χ1n) is 5.88. The molecule has 0 radical (unpaired) electrons. The Bertz CT molecular complexity index is 572. The van der Waals surface area contributed by atoms with E-state index >= 15 is 0 Å². The maximum atomic E-state index is 8.93. The van der Waals surface area contributed by atoms with Gasteiger partial charge in [-0.05, 0) is 37.3 Å². The minimum Gasteiger partial charge on any atom is -0.330 e. The van der Waals surface area contributed by atoms with Crippen molar-refractivity contribution in [2.75, 3.05) is 0 Å². The second-order valence-electron chi connectivity index (χ2n) is 4.39. The highest BCUT2D eigenvalue weighted by atomic mass is 15.0. The van der Waals surface area contributed by atoms with Crippen molar-refractivity contribution >= 4 is 10.9 Å². The number of nitriles is 1. The van der Waals surface area contributed by atoms with E-state index in [1.54, 1.807) is 0 Å². The number of para-hydroxylation sites is 1. The van der Waals surface area contributed by atoms with Gasteiger partial charge < -0.3 is 4.57 Å². The summed E-state index contributed by atoms with van der Waals surface area (Å²) in [5, 5.41) is 10.3. The van der Waals surface area contributed by atoms with Gasteiger partial charge in [-0.15, -0.1) is 0 Å². The van der Waals surface area contributed by atoms with E-state index in [1.807, 2.05) is 0 Å². The van der Waals surface area contributed by atoms with Crippen molar-refractivity contribution in [3.8, 4) is 6.07 Å². The largest absolute Gasteiger partial charge is 0.330 e. The number of nitrogens with zero attached hydrogens (tertiary/aromatic N) is 2. The van der Waals surface area contributed by atoms with Crippen LogP contribution in [-0.4, -0.2) is 4.57 Å². The molecule has 1 aliphatic carbocycles. The van der Waals surface area contributed by atoms with E-state index in [0.29, 0.717) is 6.54 Å². The predicted octanol–water partition coefficient (Wildman–Crippen LogP) is 3.04. The van der Waals surface area contributed by atoms with Gasteiger partial charge in [0.2, 0.25) is 0 Å². The number of hydrogen-bond acceptors (Lipinski definition) is 1. The van der Waals surface area contributed by atoms with Crippen LogP contribution in [0, 0.1) is 11.3 Å². The summed E-state index contributed by atoms with van der Waals surface area (Å²) in [6.07, 6.45) is 4.85. The zero-order chi connectivity index (χ0) is 11.0. The van der Waals surface area contributed by atoms with E-state index in [0.717, 1.165) is 6.42 Å². The maximum Gasteiger partial charge on any atom is 0.110 e. The lowest BCUT2D eigenvalue weighted by molar-refractivity contribution is 0.643. The third-order valence-corrected chi connectivity index (χ3v) is 3.51. The van der Waals surface area contributed by atoms with Crippen LogP contribution in [0.25, 0.3) is 10.9 Å². The third kappa shape index (κ3) is 1.25. The van der Waals surface area contributed by atoms with Crippen molar-refractivity contribution in [3.05, 3.63) is 35.5 Å². The predicted molar refractivity (Wildman–Crippen MR) is 64.2 cm³/mol. The molecule has 1 heterocycles. The van der Waals surface area contributed by atoms with Crippen LogP contribution in [-0.2, 0) is 19.4 Å². The van der Waals surface area contributed by atoms with E-state index in [-0.39, 0.29) is 0 Å². The smallest absolute Gasteiger partial charge is 0.110 e. The first-order chi connectivity index (χ1) is 7.92. The van der Waals surface area contributed by atoms with Crippen LogP contribution in [0.3, 0.4) is 0 Å². The van der Waals surface area contributed by atoms with Gasteiger partial charge in [0.25, 0.3) is 0 Å². The lowest BCUT2D eigenvalue weighted by atomic mass is 9.96. The maximum absolute atomic E-state index is 8.93. The summed E-state index contributed by atoms with van der Waals surface area (Å²) in [6.45, 7) is 0.482. The van der Waals surface area contributed by atoms with Crippen molar-refractivity contribution in [3.63, 3.8) is 0 Å². The lowest BCUT2D eigenvalue weighted by Gasteiger charge is -2.13. The van der Waals surface area contributed by atoms with Crippen LogP contribution in [0.5, 0.6) is 0 Å². The molecule has 2 aromatic rings. The standard InChI is InChI=1S/C14H14N2/c15-9-10-16-13-7-3-1-5-11(13)12-6-2-4-8-14(12)16/h1,3,5,7H,2,4,6,8,10H2. The Hall–Kier alpha value is -1.75. The first-order valence-corrected chi connectivity index (χ1v) is 5.88. The number of aryl methyl sites for hydroxylation is 1. The number of rotatable bonds is 1. The second kappa shape index (κ2) is 3.68. The molecular weight excluding hydrogens is 196 g/mol. The molecule has 80 valence electrons. The third-order valence-electron chi connectivity index (χ3n) is 3.51. The number of aromatic nitrogens is 1. The summed E-state index contributed by atoms with van der Waals surface area (Å²) in [4.78, 5) is 0. The van der Waals surface area contributed by atoms with Gasteiger partial charge in [0.15, 0.2) is 0 Å². The van der Waals surface area contributed by atoms with E-state index in [4.69, 9.17) is 5.26 Å². The van der Waals surface area contributed by atoms with E-state index in [1.165, 1.54) is 41.4 Å². The minimum atomic E-state index is 0.482. The highest BCUT2D eigenvalue weighted by Crippen LogP contribution is 2.31.